The fraction of sp³-hybridized carbons (Fsp3) is 0.933. The maximum absolute atomic E-state index is 11.9. The summed E-state index contributed by atoms with van der Waals surface area (Å²) < 4.78 is 5.49. The van der Waals surface area contributed by atoms with Gasteiger partial charge in [0.2, 0.25) is 5.91 Å². The maximum atomic E-state index is 11.9. The van der Waals surface area contributed by atoms with Gasteiger partial charge in [-0.2, -0.15) is 0 Å². The van der Waals surface area contributed by atoms with Crippen LogP contribution in [0.15, 0.2) is 0 Å². The van der Waals surface area contributed by atoms with Gasteiger partial charge in [-0.25, -0.2) is 0 Å². The largest absolute Gasteiger partial charge is 0.382 e. The van der Waals surface area contributed by atoms with E-state index in [0.717, 1.165) is 32.6 Å². The Bertz CT molecular complexity index is 284. The molecule has 0 aromatic carbocycles. The second-order valence-corrected chi connectivity index (χ2v) is 6.19. The minimum Gasteiger partial charge on any atom is -0.382 e. The van der Waals surface area contributed by atoms with Crippen molar-refractivity contribution in [2.45, 2.75) is 52.4 Å². The zero-order valence-corrected chi connectivity index (χ0v) is 11.8. The van der Waals surface area contributed by atoms with Gasteiger partial charge < -0.3 is 10.1 Å². The molecule has 2 fully saturated rings. The van der Waals surface area contributed by atoms with E-state index in [4.69, 9.17) is 4.74 Å². The molecule has 0 heterocycles. The predicted molar refractivity (Wildman–Crippen MR) is 72.3 cm³/mol. The van der Waals surface area contributed by atoms with Gasteiger partial charge in [0.05, 0.1) is 0 Å². The van der Waals surface area contributed by atoms with Crippen molar-refractivity contribution in [2.75, 3.05) is 19.8 Å². The highest BCUT2D eigenvalue weighted by Crippen LogP contribution is 2.41. The number of carbonyl (C=O) groups excluding carboxylic acids is 1. The molecule has 1 amide bonds. The molecule has 104 valence electrons. The van der Waals surface area contributed by atoms with E-state index in [-0.39, 0.29) is 5.91 Å². The van der Waals surface area contributed by atoms with Crippen molar-refractivity contribution in [3.8, 4) is 0 Å². The number of hydrogen-bond donors (Lipinski definition) is 1. The van der Waals surface area contributed by atoms with Crippen LogP contribution in [-0.2, 0) is 9.53 Å². The summed E-state index contributed by atoms with van der Waals surface area (Å²) in [5, 5.41) is 3.19. The first-order valence-electron chi connectivity index (χ1n) is 7.52. The lowest BCUT2D eigenvalue weighted by atomic mass is 9.83. The summed E-state index contributed by atoms with van der Waals surface area (Å²) >= 11 is 0. The van der Waals surface area contributed by atoms with E-state index in [2.05, 4.69) is 12.2 Å². The topological polar surface area (TPSA) is 38.3 Å². The molecule has 2 rings (SSSR count). The molecule has 2 saturated carbocycles. The lowest BCUT2D eigenvalue weighted by Crippen LogP contribution is -2.37. The molecule has 3 heteroatoms. The first-order valence-corrected chi connectivity index (χ1v) is 7.52. The molecule has 0 bridgehead atoms. The molecular formula is C15H27NO2. The second-order valence-electron chi connectivity index (χ2n) is 6.19. The number of hydrogen-bond acceptors (Lipinski definition) is 2. The number of carbonyl (C=O) groups is 1. The molecule has 0 saturated heterocycles. The minimum atomic E-state index is 0.283. The summed E-state index contributed by atoms with van der Waals surface area (Å²) in [6.07, 6.45) is 7.30. The third kappa shape index (κ3) is 3.47. The van der Waals surface area contributed by atoms with E-state index >= 15 is 0 Å². The first-order chi connectivity index (χ1) is 8.67. The first kappa shape index (κ1) is 13.9. The Morgan fingerprint density at radius 3 is 2.61 bits per heavy atom. The van der Waals surface area contributed by atoms with Crippen LogP contribution in [0.1, 0.15) is 52.4 Å². The third-order valence-electron chi connectivity index (χ3n) is 4.73. The highest BCUT2D eigenvalue weighted by Gasteiger charge is 2.40. The van der Waals surface area contributed by atoms with Crippen LogP contribution in [0.3, 0.4) is 0 Å². The summed E-state index contributed by atoms with van der Waals surface area (Å²) in [6, 6.07) is 0. The average Bonchev–Trinajstić information content (AvgIpc) is 2.91. The van der Waals surface area contributed by atoms with Crippen molar-refractivity contribution >= 4 is 5.91 Å². The van der Waals surface area contributed by atoms with E-state index in [1.165, 1.54) is 25.7 Å². The molecule has 0 unspecified atom stereocenters. The summed E-state index contributed by atoms with van der Waals surface area (Å²) in [4.78, 5) is 11.9. The van der Waals surface area contributed by atoms with E-state index in [9.17, 15) is 4.79 Å². The van der Waals surface area contributed by atoms with Crippen LogP contribution in [0.4, 0.5) is 0 Å². The van der Waals surface area contributed by atoms with E-state index < -0.39 is 0 Å². The van der Waals surface area contributed by atoms with Crippen LogP contribution in [-0.4, -0.2) is 25.7 Å². The lowest BCUT2D eigenvalue weighted by molar-refractivity contribution is -0.123. The fourth-order valence-electron chi connectivity index (χ4n) is 3.17. The van der Waals surface area contributed by atoms with Gasteiger partial charge in [0, 0.05) is 25.7 Å². The summed E-state index contributed by atoms with van der Waals surface area (Å²) in [7, 11) is 0. The SMILES string of the molecule is CCOCCC1(CNC(=O)[C@H]2C[C@H]2C)CCCC1. The van der Waals surface area contributed by atoms with Crippen LogP contribution in [0, 0.1) is 17.3 Å². The molecule has 0 aromatic rings. The molecule has 0 aromatic heterocycles. The molecule has 2 aliphatic carbocycles. The maximum Gasteiger partial charge on any atom is 0.223 e. The quantitative estimate of drug-likeness (QED) is 0.708. The van der Waals surface area contributed by atoms with Crippen LogP contribution in [0.25, 0.3) is 0 Å². The molecule has 0 aliphatic heterocycles. The zero-order valence-electron chi connectivity index (χ0n) is 11.8. The van der Waals surface area contributed by atoms with Crippen molar-refractivity contribution in [1.82, 2.24) is 5.32 Å². The lowest BCUT2D eigenvalue weighted by Gasteiger charge is -2.29. The molecule has 1 N–H and O–H groups in total. The summed E-state index contributed by atoms with van der Waals surface area (Å²) in [5.74, 6) is 1.19. The minimum absolute atomic E-state index is 0.283. The van der Waals surface area contributed by atoms with Gasteiger partial charge in [0.25, 0.3) is 0 Å². The van der Waals surface area contributed by atoms with Gasteiger partial charge in [0.15, 0.2) is 0 Å². The molecule has 3 nitrogen and oxygen atoms in total. The van der Waals surface area contributed by atoms with E-state index in [1.807, 2.05) is 6.92 Å². The standard InChI is InChI=1S/C15H27NO2/c1-3-18-9-8-15(6-4-5-7-15)11-16-14(17)13-10-12(13)2/h12-13H,3-11H2,1-2H3,(H,16,17)/t12-,13+/m1/s1. The van der Waals surface area contributed by atoms with Crippen LogP contribution >= 0.6 is 0 Å². The van der Waals surface area contributed by atoms with Crippen molar-refractivity contribution in [2.24, 2.45) is 17.3 Å². The monoisotopic (exact) mass is 253 g/mol. The smallest absolute Gasteiger partial charge is 0.223 e. The van der Waals surface area contributed by atoms with Gasteiger partial charge in [-0.05, 0) is 43.9 Å². The number of rotatable bonds is 7. The Hall–Kier alpha value is -0.570. The number of amides is 1. The van der Waals surface area contributed by atoms with Gasteiger partial charge in [0.1, 0.15) is 0 Å². The molecule has 2 aliphatic rings. The Balaban J connectivity index is 1.76. The highest BCUT2D eigenvalue weighted by atomic mass is 16.5. The van der Waals surface area contributed by atoms with E-state index in [0.29, 0.717) is 17.3 Å². The molecular weight excluding hydrogens is 226 g/mol. The van der Waals surface area contributed by atoms with Crippen molar-refractivity contribution in [3.05, 3.63) is 0 Å². The van der Waals surface area contributed by atoms with E-state index in [1.54, 1.807) is 0 Å². The average molecular weight is 253 g/mol. The Morgan fingerprint density at radius 2 is 2.06 bits per heavy atom. The third-order valence-corrected chi connectivity index (χ3v) is 4.73. The Kier molecular flexibility index (Phi) is 4.66. The Labute approximate surface area is 111 Å². The summed E-state index contributed by atoms with van der Waals surface area (Å²) in [6.45, 7) is 6.69. The zero-order chi connectivity index (χ0) is 13.0. The van der Waals surface area contributed by atoms with Crippen molar-refractivity contribution in [1.29, 1.82) is 0 Å². The van der Waals surface area contributed by atoms with Gasteiger partial charge in [-0.1, -0.05) is 19.8 Å². The summed E-state index contributed by atoms with van der Waals surface area (Å²) in [5.41, 5.74) is 0.322. The predicted octanol–water partition coefficient (Wildman–Crippen LogP) is 2.75. The second kappa shape index (κ2) is 6.05. The number of ether oxygens (including phenoxy) is 1. The van der Waals surface area contributed by atoms with Crippen LogP contribution < -0.4 is 5.32 Å². The fourth-order valence-corrected chi connectivity index (χ4v) is 3.17. The highest BCUT2D eigenvalue weighted by molar-refractivity contribution is 5.81. The van der Waals surface area contributed by atoms with Crippen molar-refractivity contribution in [3.63, 3.8) is 0 Å². The Morgan fingerprint density at radius 1 is 1.39 bits per heavy atom. The van der Waals surface area contributed by atoms with Crippen LogP contribution in [0.2, 0.25) is 0 Å². The van der Waals surface area contributed by atoms with Gasteiger partial charge in [-0.15, -0.1) is 0 Å². The van der Waals surface area contributed by atoms with Gasteiger partial charge >= 0.3 is 0 Å². The normalized spacial score (nSPS) is 29.2. The molecule has 0 radical (unpaired) electrons. The molecule has 0 spiro atoms. The van der Waals surface area contributed by atoms with Gasteiger partial charge in [-0.3, -0.25) is 4.79 Å². The number of nitrogens with one attached hydrogen (secondary N) is 1. The molecule has 18 heavy (non-hydrogen) atoms. The van der Waals surface area contributed by atoms with Crippen LogP contribution in [0.5, 0.6) is 0 Å². The molecule has 2 atom stereocenters. The van der Waals surface area contributed by atoms with Crippen molar-refractivity contribution < 1.29 is 9.53 Å².